The van der Waals surface area contributed by atoms with Crippen molar-refractivity contribution in [1.29, 1.82) is 0 Å². The third-order valence-corrected chi connectivity index (χ3v) is 3.84. The molecule has 2 unspecified atom stereocenters. The third-order valence-electron chi connectivity index (χ3n) is 2.23. The number of rotatable bonds is 5. The molecule has 5 nitrogen and oxygen atoms in total. The van der Waals surface area contributed by atoms with Gasteiger partial charge in [-0.05, 0) is 32.9 Å². The molecule has 18 heavy (non-hydrogen) atoms. The monoisotopic (exact) mass is 270 g/mol. The van der Waals surface area contributed by atoms with E-state index in [0.29, 0.717) is 5.69 Å². The second kappa shape index (κ2) is 6.17. The largest absolute Gasteiger partial charge is 0.598 e. The summed E-state index contributed by atoms with van der Waals surface area (Å²) in [6, 6.07) is 4.70. The van der Waals surface area contributed by atoms with Gasteiger partial charge in [-0.1, -0.05) is 6.07 Å². The number of carboxylic acid groups (broad SMARTS) is 1. The normalized spacial score (nSPS) is 15.1. The highest BCUT2D eigenvalue weighted by atomic mass is 32.2. The van der Waals surface area contributed by atoms with Gasteiger partial charge in [-0.2, -0.15) is 0 Å². The van der Waals surface area contributed by atoms with Crippen molar-refractivity contribution >= 4 is 17.3 Å². The molecule has 2 atom stereocenters. The first kappa shape index (κ1) is 14.9. The van der Waals surface area contributed by atoms with Crippen molar-refractivity contribution in [2.24, 2.45) is 0 Å². The number of pyridine rings is 1. The molecule has 100 valence electrons. The topological polar surface area (TPSA) is 85.3 Å². The SMILES string of the molecule is CC(C)(C)[S+]([O-])NC(CC(=O)O)c1ccccn1. The highest BCUT2D eigenvalue weighted by molar-refractivity contribution is 7.90. The first-order valence-corrected chi connectivity index (χ1v) is 6.76. The third kappa shape index (κ3) is 4.64. The van der Waals surface area contributed by atoms with E-state index >= 15 is 0 Å². The minimum atomic E-state index is -1.34. The smallest absolute Gasteiger partial charge is 0.305 e. The van der Waals surface area contributed by atoms with Gasteiger partial charge in [0.15, 0.2) is 0 Å². The van der Waals surface area contributed by atoms with Crippen LogP contribution in [0.25, 0.3) is 0 Å². The molecule has 0 fully saturated rings. The van der Waals surface area contributed by atoms with Crippen LogP contribution in [0, 0.1) is 0 Å². The highest BCUT2D eigenvalue weighted by Gasteiger charge is 2.31. The molecule has 0 aliphatic rings. The lowest BCUT2D eigenvalue weighted by Gasteiger charge is -2.27. The Hall–Kier alpha value is -1.11. The van der Waals surface area contributed by atoms with Crippen molar-refractivity contribution in [1.82, 2.24) is 9.71 Å². The van der Waals surface area contributed by atoms with E-state index in [-0.39, 0.29) is 6.42 Å². The summed E-state index contributed by atoms with van der Waals surface area (Å²) in [6.45, 7) is 5.48. The molecular formula is C12H18N2O3S. The Bertz CT molecular complexity index is 392. The van der Waals surface area contributed by atoms with Gasteiger partial charge >= 0.3 is 5.97 Å². The summed E-state index contributed by atoms with van der Waals surface area (Å²) in [5.41, 5.74) is 0.581. The van der Waals surface area contributed by atoms with Gasteiger partial charge in [0.05, 0.1) is 12.1 Å². The Labute approximate surface area is 110 Å². The fourth-order valence-electron chi connectivity index (χ4n) is 1.27. The number of carboxylic acids is 1. The van der Waals surface area contributed by atoms with Crippen molar-refractivity contribution in [2.45, 2.75) is 38.0 Å². The molecule has 0 aromatic carbocycles. The first-order chi connectivity index (χ1) is 8.30. The lowest BCUT2D eigenvalue weighted by Crippen LogP contribution is -2.42. The van der Waals surface area contributed by atoms with E-state index in [2.05, 4.69) is 9.71 Å². The molecule has 1 rings (SSSR count). The van der Waals surface area contributed by atoms with Gasteiger partial charge in [0.25, 0.3) is 0 Å². The van der Waals surface area contributed by atoms with E-state index in [0.717, 1.165) is 0 Å². The van der Waals surface area contributed by atoms with Gasteiger partial charge < -0.3 is 9.66 Å². The summed E-state index contributed by atoms with van der Waals surface area (Å²) >= 11 is -1.34. The molecule has 0 amide bonds. The first-order valence-electron chi connectivity index (χ1n) is 5.61. The van der Waals surface area contributed by atoms with E-state index in [9.17, 15) is 9.35 Å². The van der Waals surface area contributed by atoms with Gasteiger partial charge in [0, 0.05) is 17.6 Å². The van der Waals surface area contributed by atoms with Crippen LogP contribution in [0.5, 0.6) is 0 Å². The summed E-state index contributed by atoms with van der Waals surface area (Å²) in [5.74, 6) is -0.955. The minimum Gasteiger partial charge on any atom is -0.598 e. The van der Waals surface area contributed by atoms with Crippen LogP contribution in [0.2, 0.25) is 0 Å². The highest BCUT2D eigenvalue weighted by Crippen LogP contribution is 2.21. The van der Waals surface area contributed by atoms with Crippen LogP contribution < -0.4 is 4.72 Å². The van der Waals surface area contributed by atoms with E-state index < -0.39 is 28.1 Å². The van der Waals surface area contributed by atoms with Crippen LogP contribution in [0.1, 0.15) is 38.9 Å². The van der Waals surface area contributed by atoms with E-state index in [4.69, 9.17) is 5.11 Å². The molecule has 0 aliphatic carbocycles. The Balaban J connectivity index is 2.83. The number of carbonyl (C=O) groups is 1. The number of aromatic nitrogens is 1. The summed E-state index contributed by atoms with van der Waals surface area (Å²) in [7, 11) is 0. The van der Waals surface area contributed by atoms with Crippen molar-refractivity contribution < 1.29 is 14.5 Å². The average molecular weight is 270 g/mol. The molecule has 0 spiro atoms. The molecule has 0 saturated carbocycles. The maximum absolute atomic E-state index is 12.0. The molecule has 0 radical (unpaired) electrons. The van der Waals surface area contributed by atoms with Crippen LogP contribution in [-0.4, -0.2) is 25.4 Å². The molecule has 0 saturated heterocycles. The zero-order valence-corrected chi connectivity index (χ0v) is 11.5. The Morgan fingerprint density at radius 1 is 1.56 bits per heavy atom. The van der Waals surface area contributed by atoms with E-state index in [1.54, 1.807) is 24.4 Å². The Kier molecular flexibility index (Phi) is 5.13. The molecule has 1 aromatic heterocycles. The standard InChI is InChI=1S/C12H18N2O3S/c1-12(2,3)18(17)14-10(8-11(15)16)9-6-4-5-7-13-9/h4-7,10,14H,8H2,1-3H3,(H,15,16). The van der Waals surface area contributed by atoms with Gasteiger partial charge in [-0.3, -0.25) is 9.78 Å². The van der Waals surface area contributed by atoms with E-state index in [1.807, 2.05) is 20.8 Å². The predicted molar refractivity (Wildman–Crippen MR) is 70.3 cm³/mol. The van der Waals surface area contributed by atoms with Crippen molar-refractivity contribution in [3.63, 3.8) is 0 Å². The van der Waals surface area contributed by atoms with Crippen molar-refractivity contribution in [3.05, 3.63) is 30.1 Å². The maximum Gasteiger partial charge on any atom is 0.305 e. The fraction of sp³-hybridized carbons (Fsp3) is 0.500. The van der Waals surface area contributed by atoms with Gasteiger partial charge in [0.2, 0.25) is 0 Å². The number of nitrogens with one attached hydrogen (secondary N) is 1. The van der Waals surface area contributed by atoms with Crippen molar-refractivity contribution in [2.75, 3.05) is 0 Å². The lowest BCUT2D eigenvalue weighted by atomic mass is 10.1. The second-order valence-electron chi connectivity index (χ2n) is 4.90. The van der Waals surface area contributed by atoms with Gasteiger partial charge in [0.1, 0.15) is 10.8 Å². The predicted octanol–water partition coefficient (Wildman–Crippen LogP) is 1.65. The summed E-state index contributed by atoms with van der Waals surface area (Å²) in [5, 5.41) is 8.89. The van der Waals surface area contributed by atoms with E-state index in [1.165, 1.54) is 0 Å². The number of hydrogen-bond donors (Lipinski definition) is 2. The molecular weight excluding hydrogens is 252 g/mol. The van der Waals surface area contributed by atoms with Crippen LogP contribution in [0.15, 0.2) is 24.4 Å². The summed E-state index contributed by atoms with van der Waals surface area (Å²) in [4.78, 5) is 15.0. The molecule has 6 heteroatoms. The fourth-order valence-corrected chi connectivity index (χ4v) is 2.09. The Morgan fingerprint density at radius 3 is 2.67 bits per heavy atom. The van der Waals surface area contributed by atoms with Crippen LogP contribution in [0.3, 0.4) is 0 Å². The maximum atomic E-state index is 12.0. The zero-order valence-electron chi connectivity index (χ0n) is 10.7. The molecule has 2 N–H and O–H groups in total. The lowest BCUT2D eigenvalue weighted by molar-refractivity contribution is -0.137. The summed E-state index contributed by atoms with van der Waals surface area (Å²) < 4.78 is 14.4. The second-order valence-corrected chi connectivity index (χ2v) is 6.90. The van der Waals surface area contributed by atoms with Crippen molar-refractivity contribution in [3.8, 4) is 0 Å². The van der Waals surface area contributed by atoms with Gasteiger partial charge in [-0.25, -0.2) is 0 Å². The molecule has 0 aliphatic heterocycles. The average Bonchev–Trinajstić information content (AvgIpc) is 2.27. The zero-order chi connectivity index (χ0) is 13.8. The molecule has 0 bridgehead atoms. The molecule has 1 aromatic rings. The van der Waals surface area contributed by atoms with Crippen LogP contribution in [0.4, 0.5) is 0 Å². The number of nitrogens with zero attached hydrogens (tertiary/aromatic N) is 1. The quantitative estimate of drug-likeness (QED) is 0.795. The minimum absolute atomic E-state index is 0.154. The summed E-state index contributed by atoms with van der Waals surface area (Å²) in [6.07, 6.45) is 1.44. The Morgan fingerprint density at radius 2 is 2.22 bits per heavy atom. The number of hydrogen-bond acceptors (Lipinski definition) is 4. The van der Waals surface area contributed by atoms with Crippen LogP contribution in [-0.2, 0) is 16.2 Å². The molecule has 1 heterocycles. The van der Waals surface area contributed by atoms with Gasteiger partial charge in [-0.15, -0.1) is 4.72 Å². The van der Waals surface area contributed by atoms with Crippen LogP contribution >= 0.6 is 0 Å². The number of aliphatic carboxylic acids is 1.